The van der Waals surface area contributed by atoms with Crippen molar-refractivity contribution in [1.82, 2.24) is 25.0 Å². The number of allylic oxidation sites excluding steroid dienone is 1. The number of nitrogens with zero attached hydrogens (tertiary/aromatic N) is 4. The van der Waals surface area contributed by atoms with Crippen molar-refractivity contribution in [3.63, 3.8) is 0 Å². The molecule has 2 N–H and O–H groups in total. The fourth-order valence-electron chi connectivity index (χ4n) is 3.80. The monoisotopic (exact) mass is 384 g/mol. The summed E-state index contributed by atoms with van der Waals surface area (Å²) in [6.07, 6.45) is 0. The molecule has 2 aromatic rings. The van der Waals surface area contributed by atoms with Crippen molar-refractivity contribution in [2.24, 2.45) is 0 Å². The van der Waals surface area contributed by atoms with Crippen molar-refractivity contribution in [2.75, 3.05) is 38.1 Å². The molecular weight excluding hydrogens is 359 g/mol. The van der Waals surface area contributed by atoms with Crippen LogP contribution >= 0.6 is 0 Å². The van der Waals surface area contributed by atoms with Crippen LogP contribution in [-0.4, -0.2) is 58.2 Å². The summed E-state index contributed by atoms with van der Waals surface area (Å²) in [6, 6.07) is 6.33. The third kappa shape index (κ3) is 3.13. The number of anilines is 1. The number of nitrogens with one attached hydrogen (secondary N) is 2. The number of likely N-dealkylation sites (N-methyl/N-ethyl adjacent to an activating group) is 1. The number of halogens is 1. The Labute approximate surface area is 163 Å². The van der Waals surface area contributed by atoms with E-state index in [9.17, 15) is 9.18 Å². The number of hydrazine groups is 1. The summed E-state index contributed by atoms with van der Waals surface area (Å²) in [5.74, 6) is 0.442. The van der Waals surface area contributed by atoms with Gasteiger partial charge in [-0.1, -0.05) is 19.1 Å². The Morgan fingerprint density at radius 3 is 2.43 bits per heavy atom. The number of aromatic nitrogens is 2. The van der Waals surface area contributed by atoms with Crippen LogP contribution in [0.4, 0.5) is 10.2 Å². The summed E-state index contributed by atoms with van der Waals surface area (Å²) in [4.78, 5) is 17.2. The first kappa shape index (κ1) is 18.5. The molecule has 1 fully saturated rings. The Balaban J connectivity index is 1.64. The first-order valence-corrected chi connectivity index (χ1v) is 9.60. The van der Waals surface area contributed by atoms with E-state index >= 15 is 0 Å². The fourth-order valence-corrected chi connectivity index (χ4v) is 3.80. The van der Waals surface area contributed by atoms with Crippen LogP contribution in [0.5, 0.6) is 0 Å². The molecule has 8 heteroatoms. The zero-order valence-electron chi connectivity index (χ0n) is 16.4. The number of rotatable bonds is 3. The molecule has 1 aromatic carbocycles. The van der Waals surface area contributed by atoms with Gasteiger partial charge < -0.3 is 9.80 Å². The van der Waals surface area contributed by atoms with Crippen LogP contribution in [0.15, 0.2) is 30.0 Å². The Morgan fingerprint density at radius 1 is 1.11 bits per heavy atom. The Bertz CT molecular complexity index is 925. The molecule has 0 bridgehead atoms. The zero-order valence-corrected chi connectivity index (χ0v) is 16.4. The van der Waals surface area contributed by atoms with Crippen molar-refractivity contribution < 1.29 is 9.18 Å². The Hall–Kier alpha value is -2.87. The average Bonchev–Trinajstić information content (AvgIpc) is 3.05. The SMILES string of the molecule is CCN1CCN(C(=O)C2=C(C)n3nc(C)c(-c4ccc(F)cc4)c3NN2)CC1. The molecule has 2 aliphatic rings. The molecule has 0 spiro atoms. The molecule has 3 heterocycles. The van der Waals surface area contributed by atoms with Crippen LogP contribution in [0.3, 0.4) is 0 Å². The van der Waals surface area contributed by atoms with E-state index in [4.69, 9.17) is 0 Å². The average molecular weight is 384 g/mol. The summed E-state index contributed by atoms with van der Waals surface area (Å²) in [5.41, 5.74) is 10.0. The topological polar surface area (TPSA) is 65.4 Å². The lowest BCUT2D eigenvalue weighted by Gasteiger charge is -2.35. The maximum atomic E-state index is 13.3. The van der Waals surface area contributed by atoms with Crippen molar-refractivity contribution in [2.45, 2.75) is 20.8 Å². The molecule has 148 valence electrons. The van der Waals surface area contributed by atoms with Crippen LogP contribution in [-0.2, 0) is 4.79 Å². The van der Waals surface area contributed by atoms with Crippen molar-refractivity contribution in [3.8, 4) is 11.1 Å². The lowest BCUT2D eigenvalue weighted by molar-refractivity contribution is -0.129. The molecule has 1 amide bonds. The van der Waals surface area contributed by atoms with E-state index in [0.717, 1.165) is 61.1 Å². The second-order valence-corrected chi connectivity index (χ2v) is 7.16. The quantitative estimate of drug-likeness (QED) is 0.850. The third-order valence-corrected chi connectivity index (χ3v) is 5.50. The Morgan fingerprint density at radius 2 is 1.79 bits per heavy atom. The number of benzene rings is 1. The molecular formula is C20H25FN6O. The summed E-state index contributed by atoms with van der Waals surface area (Å²) in [5, 5.41) is 4.62. The van der Waals surface area contributed by atoms with Gasteiger partial charge in [0.05, 0.1) is 11.4 Å². The number of carbonyl (C=O) groups excluding carboxylic acids is 1. The number of fused-ring (bicyclic) bond motifs is 1. The van der Waals surface area contributed by atoms with Crippen molar-refractivity contribution in [1.29, 1.82) is 0 Å². The number of aryl methyl sites for hydroxylation is 1. The van der Waals surface area contributed by atoms with Gasteiger partial charge in [0.25, 0.3) is 5.91 Å². The first-order chi connectivity index (χ1) is 13.5. The Kier molecular flexibility index (Phi) is 4.80. The van der Waals surface area contributed by atoms with Crippen LogP contribution in [0.1, 0.15) is 19.5 Å². The normalized spacial score (nSPS) is 17.2. The van der Waals surface area contributed by atoms with Crippen LogP contribution in [0.25, 0.3) is 16.8 Å². The highest BCUT2D eigenvalue weighted by atomic mass is 19.1. The molecule has 1 aromatic heterocycles. The predicted octanol–water partition coefficient (Wildman–Crippen LogP) is 2.28. The number of piperazine rings is 1. The minimum atomic E-state index is -0.277. The maximum absolute atomic E-state index is 13.3. The van der Waals surface area contributed by atoms with E-state index in [-0.39, 0.29) is 11.7 Å². The van der Waals surface area contributed by atoms with Gasteiger partial charge in [-0.25, -0.2) is 9.07 Å². The second-order valence-electron chi connectivity index (χ2n) is 7.16. The number of carbonyl (C=O) groups is 1. The van der Waals surface area contributed by atoms with Gasteiger partial charge in [0.2, 0.25) is 0 Å². The highest BCUT2D eigenvalue weighted by Crippen LogP contribution is 2.35. The molecule has 2 aliphatic heterocycles. The van der Waals surface area contributed by atoms with Gasteiger partial charge in [0, 0.05) is 31.7 Å². The minimum absolute atomic E-state index is 0.0251. The third-order valence-electron chi connectivity index (χ3n) is 5.50. The minimum Gasteiger partial charge on any atom is -0.335 e. The fraction of sp³-hybridized carbons (Fsp3) is 0.400. The first-order valence-electron chi connectivity index (χ1n) is 9.60. The predicted molar refractivity (Wildman–Crippen MR) is 107 cm³/mol. The molecule has 28 heavy (non-hydrogen) atoms. The van der Waals surface area contributed by atoms with Crippen molar-refractivity contribution >= 4 is 17.4 Å². The molecule has 4 rings (SSSR count). The lowest BCUT2D eigenvalue weighted by atomic mass is 10.1. The van der Waals surface area contributed by atoms with E-state index in [0.29, 0.717) is 5.70 Å². The number of amides is 1. The van der Waals surface area contributed by atoms with E-state index in [1.165, 1.54) is 12.1 Å². The largest absolute Gasteiger partial charge is 0.335 e. The highest BCUT2D eigenvalue weighted by molar-refractivity contribution is 5.99. The molecule has 0 saturated carbocycles. The molecule has 1 saturated heterocycles. The molecule has 0 radical (unpaired) electrons. The highest BCUT2D eigenvalue weighted by Gasteiger charge is 2.30. The summed E-state index contributed by atoms with van der Waals surface area (Å²) in [6.45, 7) is 10.2. The maximum Gasteiger partial charge on any atom is 0.273 e. The van der Waals surface area contributed by atoms with E-state index in [2.05, 4.69) is 27.8 Å². The molecule has 0 aliphatic carbocycles. The number of hydrogen-bond acceptors (Lipinski definition) is 5. The van der Waals surface area contributed by atoms with E-state index in [1.807, 2.05) is 18.7 Å². The van der Waals surface area contributed by atoms with Gasteiger partial charge >= 0.3 is 0 Å². The van der Waals surface area contributed by atoms with Crippen LogP contribution in [0.2, 0.25) is 0 Å². The van der Waals surface area contributed by atoms with Crippen LogP contribution < -0.4 is 10.9 Å². The molecule has 0 atom stereocenters. The standard InChI is InChI=1S/C20H25FN6O/c1-4-25-9-11-26(12-10-25)20(28)18-14(3)27-19(23-22-18)17(13(2)24-27)15-5-7-16(21)8-6-15/h5-8,22-23H,4,9-12H2,1-3H3. The summed E-state index contributed by atoms with van der Waals surface area (Å²) in [7, 11) is 0. The lowest BCUT2D eigenvalue weighted by Crippen LogP contribution is -2.51. The zero-order chi connectivity index (χ0) is 19.8. The number of hydrogen-bond donors (Lipinski definition) is 2. The summed E-state index contributed by atoms with van der Waals surface area (Å²) < 4.78 is 15.0. The van der Waals surface area contributed by atoms with Gasteiger partial charge in [-0.05, 0) is 38.1 Å². The van der Waals surface area contributed by atoms with Gasteiger partial charge in [-0.15, -0.1) is 0 Å². The molecule has 7 nitrogen and oxygen atoms in total. The van der Waals surface area contributed by atoms with E-state index < -0.39 is 0 Å². The van der Waals surface area contributed by atoms with Gasteiger partial charge in [0.1, 0.15) is 11.5 Å². The smallest absolute Gasteiger partial charge is 0.273 e. The van der Waals surface area contributed by atoms with Crippen molar-refractivity contribution in [3.05, 3.63) is 41.5 Å². The molecule has 0 unspecified atom stereocenters. The van der Waals surface area contributed by atoms with Gasteiger partial charge in [-0.2, -0.15) is 5.10 Å². The second kappa shape index (κ2) is 7.27. The van der Waals surface area contributed by atoms with Gasteiger partial charge in [0.15, 0.2) is 5.82 Å². The van der Waals surface area contributed by atoms with Gasteiger partial charge in [-0.3, -0.25) is 15.6 Å². The van der Waals surface area contributed by atoms with E-state index in [1.54, 1.807) is 16.8 Å². The van der Waals surface area contributed by atoms with Crippen LogP contribution in [0, 0.1) is 12.7 Å². The summed E-state index contributed by atoms with van der Waals surface area (Å²) >= 11 is 0.